The van der Waals surface area contributed by atoms with Gasteiger partial charge in [-0.1, -0.05) is 24.3 Å². The van der Waals surface area contributed by atoms with Crippen LogP contribution in [-0.4, -0.2) is 31.6 Å². The molecule has 0 saturated carbocycles. The number of hydrogen-bond donors (Lipinski definition) is 0. The SMILES string of the molecule is COc1cc2c(cc1OC)C1c3ccccc3CCN1C(=O)C2. The molecule has 0 spiro atoms. The van der Waals surface area contributed by atoms with E-state index in [0.29, 0.717) is 17.9 Å². The number of hydrogen-bond acceptors (Lipinski definition) is 3. The molecule has 2 aromatic carbocycles. The van der Waals surface area contributed by atoms with E-state index in [-0.39, 0.29) is 11.9 Å². The van der Waals surface area contributed by atoms with Gasteiger partial charge in [-0.2, -0.15) is 0 Å². The van der Waals surface area contributed by atoms with E-state index in [9.17, 15) is 4.79 Å². The fourth-order valence-corrected chi connectivity index (χ4v) is 3.78. The van der Waals surface area contributed by atoms with Crippen LogP contribution < -0.4 is 9.47 Å². The zero-order chi connectivity index (χ0) is 16.0. The summed E-state index contributed by atoms with van der Waals surface area (Å²) in [7, 11) is 3.27. The quantitative estimate of drug-likeness (QED) is 0.856. The number of rotatable bonds is 2. The van der Waals surface area contributed by atoms with Crippen molar-refractivity contribution in [3.63, 3.8) is 0 Å². The van der Waals surface area contributed by atoms with Crippen molar-refractivity contribution in [3.8, 4) is 11.5 Å². The Morgan fingerprint density at radius 1 is 1.00 bits per heavy atom. The lowest BCUT2D eigenvalue weighted by molar-refractivity contribution is -0.133. The van der Waals surface area contributed by atoms with Crippen molar-refractivity contribution in [1.29, 1.82) is 0 Å². The Morgan fingerprint density at radius 3 is 2.52 bits per heavy atom. The smallest absolute Gasteiger partial charge is 0.227 e. The molecule has 0 aliphatic carbocycles. The van der Waals surface area contributed by atoms with Gasteiger partial charge in [0.2, 0.25) is 5.91 Å². The normalized spacial score (nSPS) is 18.8. The Kier molecular flexibility index (Phi) is 3.26. The van der Waals surface area contributed by atoms with Gasteiger partial charge in [-0.05, 0) is 40.8 Å². The second-order valence-electron chi connectivity index (χ2n) is 6.02. The second-order valence-corrected chi connectivity index (χ2v) is 6.02. The van der Waals surface area contributed by atoms with Gasteiger partial charge < -0.3 is 14.4 Å². The maximum atomic E-state index is 12.6. The van der Waals surface area contributed by atoms with Crippen LogP contribution in [0.2, 0.25) is 0 Å². The summed E-state index contributed by atoms with van der Waals surface area (Å²) in [6.45, 7) is 0.772. The molecule has 23 heavy (non-hydrogen) atoms. The van der Waals surface area contributed by atoms with Crippen LogP contribution >= 0.6 is 0 Å². The van der Waals surface area contributed by atoms with Crippen LogP contribution in [0.15, 0.2) is 36.4 Å². The molecule has 1 amide bonds. The van der Waals surface area contributed by atoms with Gasteiger partial charge >= 0.3 is 0 Å². The van der Waals surface area contributed by atoms with Gasteiger partial charge in [0.1, 0.15) is 0 Å². The van der Waals surface area contributed by atoms with Gasteiger partial charge in [0.15, 0.2) is 11.5 Å². The molecule has 2 aliphatic heterocycles. The Bertz CT molecular complexity index is 784. The maximum Gasteiger partial charge on any atom is 0.227 e. The van der Waals surface area contributed by atoms with E-state index >= 15 is 0 Å². The van der Waals surface area contributed by atoms with Crippen LogP contribution in [0.3, 0.4) is 0 Å². The lowest BCUT2D eigenvalue weighted by Crippen LogP contribution is -2.44. The van der Waals surface area contributed by atoms with Crippen LogP contribution in [0.4, 0.5) is 0 Å². The number of carbonyl (C=O) groups excluding carboxylic acids is 1. The highest BCUT2D eigenvalue weighted by atomic mass is 16.5. The van der Waals surface area contributed by atoms with E-state index in [2.05, 4.69) is 18.2 Å². The van der Waals surface area contributed by atoms with Crippen LogP contribution in [0, 0.1) is 0 Å². The highest BCUT2D eigenvalue weighted by Gasteiger charge is 2.37. The second kappa shape index (κ2) is 5.30. The number of benzene rings is 2. The molecule has 1 unspecified atom stereocenters. The lowest BCUT2D eigenvalue weighted by Gasteiger charge is -2.42. The molecule has 4 rings (SSSR count). The van der Waals surface area contributed by atoms with Gasteiger partial charge in [0.05, 0.1) is 26.7 Å². The summed E-state index contributed by atoms with van der Waals surface area (Å²) in [5.41, 5.74) is 4.73. The molecule has 4 heteroatoms. The van der Waals surface area contributed by atoms with Crippen LogP contribution in [0.25, 0.3) is 0 Å². The molecule has 118 valence electrons. The molecule has 0 N–H and O–H groups in total. The Hall–Kier alpha value is -2.49. The highest BCUT2D eigenvalue weighted by molar-refractivity contribution is 5.83. The van der Waals surface area contributed by atoms with Crippen molar-refractivity contribution >= 4 is 5.91 Å². The molecular weight excluding hydrogens is 290 g/mol. The Balaban J connectivity index is 1.93. The Morgan fingerprint density at radius 2 is 1.74 bits per heavy atom. The standard InChI is InChI=1S/C19H19NO3/c1-22-16-9-13-10-18(21)20-8-7-12-5-3-4-6-14(12)19(20)15(13)11-17(16)23-2/h3-6,9,11,19H,7-8,10H2,1-2H3. The van der Waals surface area contributed by atoms with Gasteiger partial charge in [0, 0.05) is 6.54 Å². The number of carbonyl (C=O) groups is 1. The van der Waals surface area contributed by atoms with Crippen LogP contribution in [0.1, 0.15) is 28.3 Å². The van der Waals surface area contributed by atoms with Crippen LogP contribution in [-0.2, 0) is 17.6 Å². The van der Waals surface area contributed by atoms with Crippen molar-refractivity contribution in [1.82, 2.24) is 4.90 Å². The monoisotopic (exact) mass is 309 g/mol. The largest absolute Gasteiger partial charge is 0.493 e. The molecule has 2 aliphatic rings. The van der Waals surface area contributed by atoms with Gasteiger partial charge in [-0.3, -0.25) is 4.79 Å². The molecule has 1 atom stereocenters. The van der Waals surface area contributed by atoms with Crippen molar-refractivity contribution in [3.05, 3.63) is 58.7 Å². The van der Waals surface area contributed by atoms with E-state index in [1.54, 1.807) is 14.2 Å². The van der Waals surface area contributed by atoms with Gasteiger partial charge in [0.25, 0.3) is 0 Å². The molecule has 2 heterocycles. The third-order valence-electron chi connectivity index (χ3n) is 4.89. The van der Waals surface area contributed by atoms with E-state index in [1.165, 1.54) is 11.1 Å². The first kappa shape index (κ1) is 14.1. The van der Waals surface area contributed by atoms with E-state index in [0.717, 1.165) is 24.1 Å². The summed E-state index contributed by atoms with van der Waals surface area (Å²) in [4.78, 5) is 14.6. The molecule has 4 nitrogen and oxygen atoms in total. The zero-order valence-corrected chi connectivity index (χ0v) is 13.3. The molecule has 0 radical (unpaired) electrons. The minimum atomic E-state index is -0.0176. The summed E-state index contributed by atoms with van der Waals surface area (Å²) in [5, 5.41) is 0. The average molecular weight is 309 g/mol. The molecule has 0 aromatic heterocycles. The number of fused-ring (bicyclic) bond motifs is 5. The Labute approximate surface area is 135 Å². The average Bonchev–Trinajstić information content (AvgIpc) is 2.60. The van der Waals surface area contributed by atoms with E-state index < -0.39 is 0 Å². The minimum absolute atomic E-state index is 0.0176. The topological polar surface area (TPSA) is 38.8 Å². The molecular formula is C19H19NO3. The predicted molar refractivity (Wildman–Crippen MR) is 87.0 cm³/mol. The zero-order valence-electron chi connectivity index (χ0n) is 13.3. The summed E-state index contributed by atoms with van der Waals surface area (Å²) >= 11 is 0. The molecule has 0 bridgehead atoms. The summed E-state index contributed by atoms with van der Waals surface area (Å²) in [6.07, 6.45) is 1.34. The first-order valence-corrected chi connectivity index (χ1v) is 7.85. The van der Waals surface area contributed by atoms with Crippen LogP contribution in [0.5, 0.6) is 11.5 Å². The fraction of sp³-hybridized carbons (Fsp3) is 0.316. The first-order valence-electron chi connectivity index (χ1n) is 7.85. The van der Waals surface area contributed by atoms with Crippen molar-refractivity contribution in [2.45, 2.75) is 18.9 Å². The molecule has 0 saturated heterocycles. The number of amides is 1. The van der Waals surface area contributed by atoms with E-state index in [1.807, 2.05) is 23.1 Å². The number of ether oxygens (including phenoxy) is 2. The predicted octanol–water partition coefficient (Wildman–Crippen LogP) is 2.73. The molecule has 2 aromatic rings. The molecule has 0 fully saturated rings. The number of methoxy groups -OCH3 is 2. The van der Waals surface area contributed by atoms with E-state index in [4.69, 9.17) is 9.47 Å². The van der Waals surface area contributed by atoms with Gasteiger partial charge in [-0.15, -0.1) is 0 Å². The van der Waals surface area contributed by atoms with Crippen molar-refractivity contribution in [2.24, 2.45) is 0 Å². The fourth-order valence-electron chi connectivity index (χ4n) is 3.78. The summed E-state index contributed by atoms with van der Waals surface area (Å²) in [6, 6.07) is 12.4. The van der Waals surface area contributed by atoms with Crippen molar-refractivity contribution < 1.29 is 14.3 Å². The van der Waals surface area contributed by atoms with Gasteiger partial charge in [-0.25, -0.2) is 0 Å². The highest BCUT2D eigenvalue weighted by Crippen LogP contribution is 2.43. The third kappa shape index (κ3) is 2.09. The number of nitrogens with zero attached hydrogens (tertiary/aromatic N) is 1. The lowest BCUT2D eigenvalue weighted by atomic mass is 9.82. The minimum Gasteiger partial charge on any atom is -0.493 e. The maximum absolute atomic E-state index is 12.6. The van der Waals surface area contributed by atoms with Crippen molar-refractivity contribution in [2.75, 3.05) is 20.8 Å². The summed E-state index contributed by atoms with van der Waals surface area (Å²) in [5.74, 6) is 1.57. The summed E-state index contributed by atoms with van der Waals surface area (Å²) < 4.78 is 10.9. The third-order valence-corrected chi connectivity index (χ3v) is 4.89. The first-order chi connectivity index (χ1) is 11.2.